The molecule has 0 saturated heterocycles. The van der Waals surface area contributed by atoms with Crippen LogP contribution in [-0.4, -0.2) is 26.7 Å². The van der Waals surface area contributed by atoms with Crippen LogP contribution in [0.1, 0.15) is 48.1 Å². The molecule has 3 amide bonds. The van der Waals surface area contributed by atoms with Crippen molar-refractivity contribution >= 4 is 23.4 Å². The van der Waals surface area contributed by atoms with Crippen LogP contribution in [-0.2, 0) is 5.41 Å². The molecule has 9 nitrogen and oxygen atoms in total. The van der Waals surface area contributed by atoms with Gasteiger partial charge in [0.2, 0.25) is 0 Å². The molecule has 0 aliphatic carbocycles. The van der Waals surface area contributed by atoms with E-state index in [0.717, 1.165) is 22.5 Å². The Morgan fingerprint density at radius 2 is 1.57 bits per heavy atom. The second-order valence-corrected chi connectivity index (χ2v) is 9.87. The Hall–Kier alpha value is -4.66. The van der Waals surface area contributed by atoms with Crippen molar-refractivity contribution < 1.29 is 14.3 Å². The monoisotopic (exact) mass is 498 g/mol. The van der Waals surface area contributed by atoms with Gasteiger partial charge in [-0.2, -0.15) is 5.10 Å². The molecule has 0 aliphatic heterocycles. The summed E-state index contributed by atoms with van der Waals surface area (Å²) in [6.07, 6.45) is 1.45. The first-order chi connectivity index (χ1) is 17.5. The Morgan fingerprint density at radius 1 is 0.892 bits per heavy atom. The third-order valence-electron chi connectivity index (χ3n) is 5.50. The maximum Gasteiger partial charge on any atom is 0.324 e. The predicted octanol–water partition coefficient (Wildman–Crippen LogP) is 5.72. The lowest BCUT2D eigenvalue weighted by Crippen LogP contribution is -2.21. The number of primary amides is 1. The van der Waals surface area contributed by atoms with Gasteiger partial charge in [0.25, 0.3) is 5.91 Å². The molecule has 9 heteroatoms. The van der Waals surface area contributed by atoms with Crippen molar-refractivity contribution in [2.75, 3.05) is 10.6 Å². The minimum Gasteiger partial charge on any atom is -0.457 e. The fourth-order valence-corrected chi connectivity index (χ4v) is 3.74. The molecular formula is C28H30N6O3. The zero-order valence-corrected chi connectivity index (χ0v) is 21.5. The summed E-state index contributed by atoms with van der Waals surface area (Å²) >= 11 is 0. The highest BCUT2D eigenvalue weighted by molar-refractivity contribution is 5.99. The van der Waals surface area contributed by atoms with Gasteiger partial charge >= 0.3 is 6.03 Å². The van der Waals surface area contributed by atoms with Gasteiger partial charge in [-0.3, -0.25) is 15.1 Å². The number of rotatable bonds is 6. The number of ether oxygens (including phenoxy) is 1. The molecule has 2 heterocycles. The molecule has 4 N–H and O–H groups in total. The number of nitrogens with one attached hydrogen (secondary N) is 2. The number of nitrogens with zero attached hydrogens (tertiary/aromatic N) is 3. The van der Waals surface area contributed by atoms with Crippen LogP contribution in [0.4, 0.5) is 16.3 Å². The highest BCUT2D eigenvalue weighted by Gasteiger charge is 2.22. The number of carbonyl (C=O) groups is 2. The summed E-state index contributed by atoms with van der Waals surface area (Å²) in [5.41, 5.74) is 9.71. The topological polar surface area (TPSA) is 124 Å². The molecule has 2 aromatic heterocycles. The van der Waals surface area contributed by atoms with E-state index < -0.39 is 11.9 Å². The van der Waals surface area contributed by atoms with Crippen LogP contribution in [0.25, 0.3) is 5.69 Å². The van der Waals surface area contributed by atoms with E-state index >= 15 is 0 Å². The smallest absolute Gasteiger partial charge is 0.324 e. The van der Waals surface area contributed by atoms with Gasteiger partial charge in [0.15, 0.2) is 0 Å². The molecule has 0 atom stereocenters. The van der Waals surface area contributed by atoms with Crippen molar-refractivity contribution in [3.05, 3.63) is 89.4 Å². The van der Waals surface area contributed by atoms with Gasteiger partial charge in [0.05, 0.1) is 11.4 Å². The molecule has 2 aromatic carbocycles. The highest BCUT2D eigenvalue weighted by Crippen LogP contribution is 2.28. The van der Waals surface area contributed by atoms with Crippen LogP contribution in [0.5, 0.6) is 11.5 Å². The van der Waals surface area contributed by atoms with Crippen molar-refractivity contribution in [3.63, 3.8) is 0 Å². The highest BCUT2D eigenvalue weighted by atomic mass is 16.5. The number of carbonyl (C=O) groups excluding carboxylic acids is 2. The number of aromatic nitrogens is 3. The molecule has 190 valence electrons. The van der Waals surface area contributed by atoms with E-state index in [1.165, 1.54) is 12.3 Å². The Kier molecular flexibility index (Phi) is 6.97. The van der Waals surface area contributed by atoms with E-state index in [1.54, 1.807) is 35.0 Å². The van der Waals surface area contributed by atoms with Gasteiger partial charge in [0.1, 0.15) is 23.0 Å². The lowest BCUT2D eigenvalue weighted by Gasteiger charge is -2.14. The second kappa shape index (κ2) is 10.1. The van der Waals surface area contributed by atoms with Gasteiger partial charge in [-0.1, -0.05) is 26.8 Å². The van der Waals surface area contributed by atoms with E-state index in [1.807, 2.05) is 32.0 Å². The van der Waals surface area contributed by atoms with Crippen molar-refractivity contribution in [1.82, 2.24) is 14.8 Å². The second-order valence-electron chi connectivity index (χ2n) is 9.87. The molecule has 0 aliphatic rings. The number of anilines is 2. The first-order valence-corrected chi connectivity index (χ1v) is 11.8. The third kappa shape index (κ3) is 6.32. The Balaban J connectivity index is 1.49. The largest absolute Gasteiger partial charge is 0.457 e. The summed E-state index contributed by atoms with van der Waals surface area (Å²) < 4.78 is 7.51. The average Bonchev–Trinajstić information content (AvgIpc) is 3.24. The number of urea groups is 1. The van der Waals surface area contributed by atoms with Crippen LogP contribution in [0.15, 0.2) is 66.9 Å². The summed E-state index contributed by atoms with van der Waals surface area (Å²) in [4.78, 5) is 28.1. The maximum absolute atomic E-state index is 12.9. The summed E-state index contributed by atoms with van der Waals surface area (Å²) in [7, 11) is 0. The SMILES string of the molecule is Cc1cc(C)cc(-n2nc(C(C)(C)C)cc2NC(=O)Nc2ccc(Oc3ccnc(C(N)=O)c3)cc2)c1. The molecule has 0 saturated carbocycles. The van der Waals surface area contributed by atoms with Crippen molar-refractivity contribution in [2.24, 2.45) is 5.73 Å². The van der Waals surface area contributed by atoms with Crippen LogP contribution in [0.3, 0.4) is 0 Å². The summed E-state index contributed by atoms with van der Waals surface area (Å²) in [6.45, 7) is 10.3. The number of pyridine rings is 1. The molecule has 0 bridgehead atoms. The Labute approximate surface area is 215 Å². The molecule has 0 radical (unpaired) electrons. The van der Waals surface area contributed by atoms with Gasteiger partial charge in [-0.25, -0.2) is 9.48 Å². The fourth-order valence-electron chi connectivity index (χ4n) is 3.74. The molecule has 37 heavy (non-hydrogen) atoms. The average molecular weight is 499 g/mol. The van der Waals surface area contributed by atoms with Gasteiger partial charge in [-0.05, 0) is 67.4 Å². The number of aryl methyl sites for hydroxylation is 2. The van der Waals surface area contributed by atoms with Crippen molar-refractivity contribution in [2.45, 2.75) is 40.0 Å². The maximum atomic E-state index is 12.9. The van der Waals surface area contributed by atoms with Gasteiger partial charge < -0.3 is 15.8 Å². The molecule has 0 spiro atoms. The quantitative estimate of drug-likeness (QED) is 0.314. The molecular weight excluding hydrogens is 468 g/mol. The minimum atomic E-state index is -0.635. The number of hydrogen-bond acceptors (Lipinski definition) is 5. The summed E-state index contributed by atoms with van der Waals surface area (Å²) in [5, 5.41) is 10.6. The number of amides is 3. The molecule has 4 rings (SSSR count). The normalized spacial score (nSPS) is 11.2. The first-order valence-electron chi connectivity index (χ1n) is 11.8. The summed E-state index contributed by atoms with van der Waals surface area (Å²) in [6, 6.07) is 17.6. The van der Waals surface area contributed by atoms with Crippen LogP contribution in [0, 0.1) is 13.8 Å². The van der Waals surface area contributed by atoms with E-state index in [4.69, 9.17) is 15.6 Å². The zero-order valence-electron chi connectivity index (χ0n) is 21.5. The van der Waals surface area contributed by atoms with E-state index in [0.29, 0.717) is 23.0 Å². The van der Waals surface area contributed by atoms with E-state index in [9.17, 15) is 9.59 Å². The lowest BCUT2D eigenvalue weighted by atomic mass is 9.92. The third-order valence-corrected chi connectivity index (χ3v) is 5.50. The van der Waals surface area contributed by atoms with E-state index in [2.05, 4.69) is 42.5 Å². The number of nitrogens with two attached hydrogens (primary N) is 1. The van der Waals surface area contributed by atoms with Crippen LogP contribution >= 0.6 is 0 Å². The summed E-state index contributed by atoms with van der Waals surface area (Å²) in [5.74, 6) is 0.881. The number of hydrogen-bond donors (Lipinski definition) is 3. The Bertz CT molecular complexity index is 1430. The minimum absolute atomic E-state index is 0.113. The Morgan fingerprint density at radius 3 is 2.19 bits per heavy atom. The van der Waals surface area contributed by atoms with Crippen molar-refractivity contribution in [1.29, 1.82) is 0 Å². The lowest BCUT2D eigenvalue weighted by molar-refractivity contribution is 0.0995. The van der Waals surface area contributed by atoms with Crippen molar-refractivity contribution in [3.8, 4) is 17.2 Å². The van der Waals surface area contributed by atoms with Crippen LogP contribution < -0.4 is 21.1 Å². The molecule has 4 aromatic rings. The molecule has 0 unspecified atom stereocenters. The zero-order chi connectivity index (χ0) is 26.7. The van der Waals surface area contributed by atoms with Gasteiger partial charge in [0, 0.05) is 29.4 Å². The predicted molar refractivity (Wildman–Crippen MR) is 144 cm³/mol. The van der Waals surface area contributed by atoms with Crippen LogP contribution in [0.2, 0.25) is 0 Å². The first kappa shape index (κ1) is 25.4. The standard InChI is InChI=1S/C28H30N6O3/c1-17-12-18(2)14-20(13-17)34-25(16-24(33-34)28(3,4)5)32-27(36)31-19-6-8-21(9-7-19)37-22-10-11-30-23(15-22)26(29)35/h6-16H,1-5H3,(H2,29,35)(H2,31,32,36). The van der Waals surface area contributed by atoms with Gasteiger partial charge in [-0.15, -0.1) is 0 Å². The fraction of sp³-hybridized carbons (Fsp3) is 0.214. The van der Waals surface area contributed by atoms with E-state index in [-0.39, 0.29) is 11.1 Å². The molecule has 0 fully saturated rings. The number of benzene rings is 2.